The number of nitrogens with zero attached hydrogens (tertiary/aromatic N) is 3. The Morgan fingerprint density at radius 2 is 1.72 bits per heavy atom. The maximum absolute atomic E-state index is 13.3. The van der Waals surface area contributed by atoms with Gasteiger partial charge in [0.05, 0.1) is 0 Å². The number of benzene rings is 1. The van der Waals surface area contributed by atoms with E-state index in [1.165, 1.54) is 24.8 Å². The minimum absolute atomic E-state index is 0.250. The van der Waals surface area contributed by atoms with Crippen molar-refractivity contribution in [2.45, 2.75) is 45.1 Å². The van der Waals surface area contributed by atoms with E-state index in [0.717, 1.165) is 57.7 Å². The number of aromatic nitrogens is 1. The maximum atomic E-state index is 13.3. The van der Waals surface area contributed by atoms with Gasteiger partial charge in [-0.2, -0.15) is 0 Å². The zero-order chi connectivity index (χ0) is 19.9. The first kappa shape index (κ1) is 20.1. The van der Waals surface area contributed by atoms with Crippen LogP contribution in [0.1, 0.15) is 43.4 Å². The summed E-state index contributed by atoms with van der Waals surface area (Å²) < 4.78 is 0. The fraction of sp³-hybridized carbons (Fsp3) is 0.520. The van der Waals surface area contributed by atoms with E-state index in [0.29, 0.717) is 11.8 Å². The van der Waals surface area contributed by atoms with Crippen molar-refractivity contribution in [3.63, 3.8) is 0 Å². The molecule has 0 radical (unpaired) electrons. The van der Waals surface area contributed by atoms with Crippen LogP contribution in [0.2, 0.25) is 0 Å². The molecular formula is C25H33N3O. The van der Waals surface area contributed by atoms with Crippen molar-refractivity contribution in [1.29, 1.82) is 0 Å². The van der Waals surface area contributed by atoms with Gasteiger partial charge in [0.2, 0.25) is 5.91 Å². The summed E-state index contributed by atoms with van der Waals surface area (Å²) in [5, 5.41) is 0. The molecule has 0 unspecified atom stereocenters. The monoisotopic (exact) mass is 391 g/mol. The van der Waals surface area contributed by atoms with Gasteiger partial charge in [-0.3, -0.25) is 14.7 Å². The lowest BCUT2D eigenvalue weighted by Gasteiger charge is -2.30. The van der Waals surface area contributed by atoms with Gasteiger partial charge in [-0.15, -0.1) is 0 Å². The molecule has 4 heteroatoms. The van der Waals surface area contributed by atoms with Crippen LogP contribution in [0.3, 0.4) is 0 Å². The number of rotatable bonds is 5. The molecule has 1 aliphatic carbocycles. The van der Waals surface area contributed by atoms with Crippen molar-refractivity contribution >= 4 is 5.91 Å². The van der Waals surface area contributed by atoms with Crippen molar-refractivity contribution in [2.75, 3.05) is 26.2 Å². The second-order valence-corrected chi connectivity index (χ2v) is 8.73. The quantitative estimate of drug-likeness (QED) is 0.768. The molecule has 1 aromatic heterocycles. The Bertz CT molecular complexity index is 758. The molecule has 0 N–H and O–H groups in total. The van der Waals surface area contributed by atoms with Crippen molar-refractivity contribution in [3.05, 3.63) is 66.0 Å². The average Bonchev–Trinajstić information content (AvgIpc) is 2.97. The Hall–Kier alpha value is -2.20. The van der Waals surface area contributed by atoms with Crippen LogP contribution in [-0.4, -0.2) is 46.9 Å². The highest BCUT2D eigenvalue weighted by Crippen LogP contribution is 2.27. The van der Waals surface area contributed by atoms with Crippen LogP contribution in [0, 0.1) is 11.8 Å². The first-order valence-electron chi connectivity index (χ1n) is 11.2. The molecule has 1 aliphatic heterocycles. The lowest BCUT2D eigenvalue weighted by Crippen LogP contribution is -2.41. The topological polar surface area (TPSA) is 36.4 Å². The largest absolute Gasteiger partial charge is 0.341 e. The molecule has 2 aromatic rings. The van der Waals surface area contributed by atoms with E-state index in [-0.39, 0.29) is 5.92 Å². The van der Waals surface area contributed by atoms with Gasteiger partial charge in [-0.25, -0.2) is 0 Å². The summed E-state index contributed by atoms with van der Waals surface area (Å²) in [5.41, 5.74) is 2.47. The smallest absolute Gasteiger partial charge is 0.225 e. The first-order valence-corrected chi connectivity index (χ1v) is 11.2. The number of amides is 1. The Morgan fingerprint density at radius 3 is 2.48 bits per heavy atom. The Morgan fingerprint density at radius 1 is 0.931 bits per heavy atom. The molecule has 2 heterocycles. The highest BCUT2D eigenvalue weighted by atomic mass is 16.2. The molecule has 154 valence electrons. The molecule has 4 rings (SSSR count). The van der Waals surface area contributed by atoms with E-state index in [1.807, 2.05) is 12.3 Å². The molecule has 1 amide bonds. The van der Waals surface area contributed by atoms with Crippen molar-refractivity contribution in [3.8, 4) is 0 Å². The highest BCUT2D eigenvalue weighted by molar-refractivity contribution is 5.79. The summed E-state index contributed by atoms with van der Waals surface area (Å²) in [6.45, 7) is 4.62. The predicted octanol–water partition coefficient (Wildman–Crippen LogP) is 4.17. The molecule has 4 nitrogen and oxygen atoms in total. The zero-order valence-corrected chi connectivity index (χ0v) is 17.4. The number of pyridine rings is 1. The molecule has 1 saturated carbocycles. The van der Waals surface area contributed by atoms with Crippen LogP contribution in [0.5, 0.6) is 0 Å². The molecule has 2 fully saturated rings. The normalized spacial score (nSPS) is 21.7. The molecule has 1 atom stereocenters. The minimum Gasteiger partial charge on any atom is -0.341 e. The SMILES string of the molecule is O=C(C1CCCCC1)N1CCN(Cc2ccccc2)C[C@@H](Cc2ccccn2)C1. The summed E-state index contributed by atoms with van der Waals surface area (Å²) in [4.78, 5) is 22.5. The van der Waals surface area contributed by atoms with E-state index in [2.05, 4.69) is 57.2 Å². The van der Waals surface area contributed by atoms with E-state index in [1.54, 1.807) is 0 Å². The first-order chi connectivity index (χ1) is 14.3. The fourth-order valence-corrected chi connectivity index (χ4v) is 4.92. The fourth-order valence-electron chi connectivity index (χ4n) is 4.92. The summed E-state index contributed by atoms with van der Waals surface area (Å²) >= 11 is 0. The molecule has 2 aliphatic rings. The molecular weight excluding hydrogens is 358 g/mol. The second kappa shape index (κ2) is 10.0. The van der Waals surface area contributed by atoms with Gasteiger partial charge < -0.3 is 4.90 Å². The van der Waals surface area contributed by atoms with Gasteiger partial charge in [0.15, 0.2) is 0 Å². The third kappa shape index (κ3) is 5.66. The van der Waals surface area contributed by atoms with Crippen molar-refractivity contribution < 1.29 is 4.79 Å². The van der Waals surface area contributed by atoms with Crippen molar-refractivity contribution in [2.24, 2.45) is 11.8 Å². The van der Waals surface area contributed by atoms with Crippen LogP contribution in [0.15, 0.2) is 54.7 Å². The van der Waals surface area contributed by atoms with Gasteiger partial charge in [0.1, 0.15) is 0 Å². The van der Waals surface area contributed by atoms with Crippen LogP contribution in [0.4, 0.5) is 0 Å². The number of hydrogen-bond acceptors (Lipinski definition) is 3. The van der Waals surface area contributed by atoms with E-state index in [4.69, 9.17) is 0 Å². The molecule has 0 spiro atoms. The van der Waals surface area contributed by atoms with Crippen LogP contribution in [-0.2, 0) is 17.8 Å². The summed E-state index contributed by atoms with van der Waals surface area (Å²) in [6, 6.07) is 16.8. The number of carbonyl (C=O) groups excluding carboxylic acids is 1. The lowest BCUT2D eigenvalue weighted by atomic mass is 9.88. The summed E-state index contributed by atoms with van der Waals surface area (Å²) in [7, 11) is 0. The van der Waals surface area contributed by atoms with Gasteiger partial charge in [0, 0.05) is 50.5 Å². The summed E-state index contributed by atoms with van der Waals surface area (Å²) in [5.74, 6) is 1.07. The third-order valence-electron chi connectivity index (χ3n) is 6.42. The Labute approximate surface area is 174 Å². The predicted molar refractivity (Wildman–Crippen MR) is 116 cm³/mol. The van der Waals surface area contributed by atoms with E-state index in [9.17, 15) is 4.79 Å². The van der Waals surface area contributed by atoms with Crippen molar-refractivity contribution in [1.82, 2.24) is 14.8 Å². The van der Waals surface area contributed by atoms with Crippen LogP contribution >= 0.6 is 0 Å². The van der Waals surface area contributed by atoms with Gasteiger partial charge in [-0.05, 0) is 42.9 Å². The summed E-state index contributed by atoms with van der Waals surface area (Å²) in [6.07, 6.45) is 8.67. The maximum Gasteiger partial charge on any atom is 0.225 e. The number of carbonyl (C=O) groups is 1. The highest BCUT2D eigenvalue weighted by Gasteiger charge is 2.30. The Balaban J connectivity index is 1.47. The lowest BCUT2D eigenvalue weighted by molar-refractivity contribution is -0.136. The van der Waals surface area contributed by atoms with E-state index < -0.39 is 0 Å². The third-order valence-corrected chi connectivity index (χ3v) is 6.42. The molecule has 1 aromatic carbocycles. The van der Waals surface area contributed by atoms with Gasteiger partial charge in [0.25, 0.3) is 0 Å². The van der Waals surface area contributed by atoms with Crippen LogP contribution < -0.4 is 0 Å². The average molecular weight is 392 g/mol. The van der Waals surface area contributed by atoms with E-state index >= 15 is 0 Å². The number of hydrogen-bond donors (Lipinski definition) is 0. The van der Waals surface area contributed by atoms with Gasteiger partial charge in [-0.1, -0.05) is 55.7 Å². The second-order valence-electron chi connectivity index (χ2n) is 8.73. The standard InChI is InChI=1S/C25H33N3O/c29-25(23-11-5-2-6-12-23)28-16-15-27(18-21-9-3-1-4-10-21)19-22(20-28)17-24-13-7-8-14-26-24/h1,3-4,7-10,13-14,22-23H,2,5-6,11-12,15-20H2/t22-/m1/s1. The molecule has 29 heavy (non-hydrogen) atoms. The van der Waals surface area contributed by atoms with Crippen LogP contribution in [0.25, 0.3) is 0 Å². The molecule has 0 bridgehead atoms. The minimum atomic E-state index is 0.250. The van der Waals surface area contributed by atoms with Gasteiger partial charge >= 0.3 is 0 Å². The zero-order valence-electron chi connectivity index (χ0n) is 17.4. The Kier molecular flexibility index (Phi) is 6.94. The molecule has 1 saturated heterocycles.